The van der Waals surface area contributed by atoms with Crippen molar-refractivity contribution < 1.29 is 0 Å². The quantitative estimate of drug-likeness (QED) is 0.492. The lowest BCUT2D eigenvalue weighted by molar-refractivity contribution is 0.0894. The number of aliphatic imine (C=N–C) groups is 1. The van der Waals surface area contributed by atoms with Crippen LogP contribution in [0.2, 0.25) is 0 Å². The molecule has 25 heavy (non-hydrogen) atoms. The third-order valence-electron chi connectivity index (χ3n) is 5.09. The van der Waals surface area contributed by atoms with Crippen LogP contribution in [0.1, 0.15) is 18.0 Å². The van der Waals surface area contributed by atoms with Gasteiger partial charge in [0.1, 0.15) is 0 Å². The van der Waals surface area contributed by atoms with Gasteiger partial charge in [-0.3, -0.25) is 9.89 Å². The van der Waals surface area contributed by atoms with Gasteiger partial charge in [-0.15, -0.1) is 0 Å². The Morgan fingerprint density at radius 3 is 2.68 bits per heavy atom. The van der Waals surface area contributed by atoms with Gasteiger partial charge in [0.05, 0.1) is 0 Å². The van der Waals surface area contributed by atoms with Gasteiger partial charge >= 0.3 is 0 Å². The van der Waals surface area contributed by atoms with Crippen LogP contribution < -0.4 is 5.73 Å². The molecule has 0 amide bonds. The summed E-state index contributed by atoms with van der Waals surface area (Å²) in [5, 5.41) is 0. The Hall–Kier alpha value is -1.24. The van der Waals surface area contributed by atoms with Crippen molar-refractivity contribution in [2.45, 2.75) is 12.5 Å². The molecule has 138 valence electrons. The van der Waals surface area contributed by atoms with Crippen LogP contribution in [0.3, 0.4) is 0 Å². The second kappa shape index (κ2) is 9.46. The summed E-state index contributed by atoms with van der Waals surface area (Å²) in [4.78, 5) is 11.9. The van der Waals surface area contributed by atoms with E-state index in [1.165, 1.54) is 5.56 Å². The fourth-order valence-electron chi connectivity index (χ4n) is 3.58. The van der Waals surface area contributed by atoms with Crippen LogP contribution in [0.5, 0.6) is 0 Å². The highest BCUT2D eigenvalue weighted by molar-refractivity contribution is 7.99. The first-order chi connectivity index (χ1) is 12.2. The fraction of sp³-hybridized carbons (Fsp3) is 0.632. The van der Waals surface area contributed by atoms with E-state index in [2.05, 4.69) is 57.1 Å². The predicted octanol–water partition coefficient (Wildman–Crippen LogP) is 1.73. The monoisotopic (exact) mass is 361 g/mol. The van der Waals surface area contributed by atoms with Crippen molar-refractivity contribution in [3.63, 3.8) is 0 Å². The number of thioether (sulfide) groups is 1. The van der Waals surface area contributed by atoms with E-state index in [1.807, 2.05) is 11.8 Å². The van der Waals surface area contributed by atoms with Gasteiger partial charge in [-0.25, -0.2) is 0 Å². The summed E-state index contributed by atoms with van der Waals surface area (Å²) in [6.07, 6.45) is 1.07. The molecule has 2 fully saturated rings. The summed E-state index contributed by atoms with van der Waals surface area (Å²) in [6, 6.07) is 11.4. The zero-order valence-electron chi connectivity index (χ0n) is 15.3. The molecule has 0 aromatic heterocycles. The average Bonchev–Trinajstić information content (AvgIpc) is 2.67. The molecular weight excluding hydrogens is 330 g/mol. The number of benzene rings is 1. The van der Waals surface area contributed by atoms with E-state index in [9.17, 15) is 0 Å². The molecule has 2 heterocycles. The minimum absolute atomic E-state index is 0.486. The minimum Gasteiger partial charge on any atom is -0.370 e. The molecule has 0 bridgehead atoms. The largest absolute Gasteiger partial charge is 0.370 e. The zero-order chi connectivity index (χ0) is 17.5. The highest BCUT2D eigenvalue weighted by atomic mass is 32.2. The molecule has 0 aliphatic carbocycles. The first-order valence-electron chi connectivity index (χ1n) is 9.34. The normalized spacial score (nSPS) is 23.8. The van der Waals surface area contributed by atoms with Crippen LogP contribution in [-0.4, -0.2) is 85.0 Å². The zero-order valence-corrected chi connectivity index (χ0v) is 16.1. The molecule has 1 atom stereocenters. The van der Waals surface area contributed by atoms with Gasteiger partial charge in [-0.2, -0.15) is 11.8 Å². The van der Waals surface area contributed by atoms with Crippen LogP contribution in [0.15, 0.2) is 35.3 Å². The van der Waals surface area contributed by atoms with Crippen LogP contribution in [0.25, 0.3) is 0 Å². The van der Waals surface area contributed by atoms with Crippen LogP contribution in [0, 0.1) is 0 Å². The molecule has 0 saturated carbocycles. The molecule has 1 unspecified atom stereocenters. The molecule has 0 spiro atoms. The maximum atomic E-state index is 6.15. The molecule has 1 aromatic carbocycles. The number of guanidine groups is 1. The smallest absolute Gasteiger partial charge is 0.191 e. The van der Waals surface area contributed by atoms with Crippen molar-refractivity contribution in [3.8, 4) is 0 Å². The van der Waals surface area contributed by atoms with E-state index in [1.54, 1.807) is 0 Å². The number of piperazine rings is 1. The standard InChI is InChI=1S/C19H31N5S/c1-22-10-11-23(18(16-22)17-6-3-2-4-7-17)9-5-8-21-19(20)24-12-14-25-15-13-24/h2-4,6-7,18H,5,8-16H2,1H3,(H2,20,21). The van der Waals surface area contributed by atoms with Crippen LogP contribution in [-0.2, 0) is 0 Å². The number of rotatable bonds is 5. The predicted molar refractivity (Wildman–Crippen MR) is 108 cm³/mol. The summed E-state index contributed by atoms with van der Waals surface area (Å²) < 4.78 is 0. The van der Waals surface area contributed by atoms with E-state index in [0.717, 1.165) is 69.7 Å². The molecule has 1 aromatic rings. The van der Waals surface area contributed by atoms with Crippen molar-refractivity contribution in [2.24, 2.45) is 10.7 Å². The molecule has 0 radical (unpaired) electrons. The van der Waals surface area contributed by atoms with Crippen molar-refractivity contribution in [3.05, 3.63) is 35.9 Å². The lowest BCUT2D eigenvalue weighted by atomic mass is 10.0. The number of hydrogen-bond acceptors (Lipinski definition) is 4. The Kier molecular flexibility index (Phi) is 7.02. The fourth-order valence-corrected chi connectivity index (χ4v) is 4.48. The molecule has 2 aliphatic heterocycles. The Morgan fingerprint density at radius 2 is 1.92 bits per heavy atom. The lowest BCUT2D eigenvalue weighted by Crippen LogP contribution is -2.47. The number of hydrogen-bond donors (Lipinski definition) is 1. The highest BCUT2D eigenvalue weighted by Crippen LogP contribution is 2.24. The van der Waals surface area contributed by atoms with E-state index >= 15 is 0 Å². The van der Waals surface area contributed by atoms with Crippen molar-refractivity contribution in [1.82, 2.24) is 14.7 Å². The van der Waals surface area contributed by atoms with Crippen molar-refractivity contribution >= 4 is 17.7 Å². The van der Waals surface area contributed by atoms with E-state index in [0.29, 0.717) is 6.04 Å². The molecular formula is C19H31N5S. The first kappa shape index (κ1) is 18.5. The number of likely N-dealkylation sites (N-methyl/N-ethyl adjacent to an activating group) is 1. The highest BCUT2D eigenvalue weighted by Gasteiger charge is 2.25. The third kappa shape index (κ3) is 5.36. The summed E-state index contributed by atoms with van der Waals surface area (Å²) in [5.41, 5.74) is 7.57. The van der Waals surface area contributed by atoms with Crippen LogP contribution in [0.4, 0.5) is 0 Å². The van der Waals surface area contributed by atoms with Gasteiger partial charge in [0.2, 0.25) is 0 Å². The minimum atomic E-state index is 0.486. The second-order valence-corrected chi connectivity index (χ2v) is 8.14. The lowest BCUT2D eigenvalue weighted by Gasteiger charge is -2.40. The maximum absolute atomic E-state index is 6.15. The molecule has 6 heteroatoms. The molecule has 5 nitrogen and oxygen atoms in total. The molecule has 2 aliphatic rings. The van der Waals surface area contributed by atoms with Gasteiger partial charge in [0.25, 0.3) is 0 Å². The van der Waals surface area contributed by atoms with Gasteiger partial charge in [-0.05, 0) is 19.0 Å². The van der Waals surface area contributed by atoms with Gasteiger partial charge in [-0.1, -0.05) is 30.3 Å². The SMILES string of the molecule is CN1CCN(CCCN=C(N)N2CCSCC2)C(c2ccccc2)C1. The summed E-state index contributed by atoms with van der Waals surface area (Å²) in [6.45, 7) is 7.34. The Bertz CT molecular complexity index is 544. The second-order valence-electron chi connectivity index (χ2n) is 6.92. The maximum Gasteiger partial charge on any atom is 0.191 e. The number of nitrogens with zero attached hydrogens (tertiary/aromatic N) is 4. The molecule has 3 rings (SSSR count). The van der Waals surface area contributed by atoms with Gasteiger partial charge in [0.15, 0.2) is 5.96 Å². The summed E-state index contributed by atoms with van der Waals surface area (Å²) in [7, 11) is 2.22. The topological polar surface area (TPSA) is 48.1 Å². The van der Waals surface area contributed by atoms with Crippen molar-refractivity contribution in [1.29, 1.82) is 0 Å². The molecule has 2 saturated heterocycles. The van der Waals surface area contributed by atoms with E-state index < -0.39 is 0 Å². The first-order valence-corrected chi connectivity index (χ1v) is 10.5. The summed E-state index contributed by atoms with van der Waals surface area (Å²) in [5.74, 6) is 3.06. The third-order valence-corrected chi connectivity index (χ3v) is 6.03. The van der Waals surface area contributed by atoms with Gasteiger partial charge < -0.3 is 15.5 Å². The molecule has 2 N–H and O–H groups in total. The van der Waals surface area contributed by atoms with E-state index in [-0.39, 0.29) is 0 Å². The summed E-state index contributed by atoms with van der Waals surface area (Å²) >= 11 is 2.00. The van der Waals surface area contributed by atoms with Crippen LogP contribution >= 0.6 is 11.8 Å². The Balaban J connectivity index is 1.50. The van der Waals surface area contributed by atoms with Crippen molar-refractivity contribution in [2.75, 3.05) is 64.4 Å². The van der Waals surface area contributed by atoms with E-state index in [4.69, 9.17) is 5.73 Å². The number of nitrogens with two attached hydrogens (primary N) is 1. The Morgan fingerprint density at radius 1 is 1.16 bits per heavy atom. The van der Waals surface area contributed by atoms with Gasteiger partial charge in [0, 0.05) is 63.4 Å². The average molecular weight is 362 g/mol. The Labute approximate surface area is 156 Å².